The number of carbonyl (C=O) groups is 1. The fourth-order valence-corrected chi connectivity index (χ4v) is 2.83. The summed E-state index contributed by atoms with van der Waals surface area (Å²) in [5.74, 6) is 0. The number of hydrogen-bond acceptors (Lipinski definition) is 4. The number of nitrogens with one attached hydrogen (secondary N) is 1. The van der Waals surface area contributed by atoms with Crippen LogP contribution in [-0.2, 0) is 17.7 Å². The lowest BCUT2D eigenvalue weighted by atomic mass is 10.0. The molecule has 0 aliphatic rings. The predicted molar refractivity (Wildman–Crippen MR) is 105 cm³/mol. The second kappa shape index (κ2) is 7.80. The van der Waals surface area contributed by atoms with E-state index in [2.05, 4.69) is 22.4 Å². The van der Waals surface area contributed by atoms with Crippen LogP contribution in [0, 0.1) is 0 Å². The third-order valence-electron chi connectivity index (χ3n) is 4.06. The van der Waals surface area contributed by atoms with Gasteiger partial charge in [0.1, 0.15) is 11.2 Å². The first-order valence-electron chi connectivity index (χ1n) is 9.04. The Morgan fingerprint density at radius 1 is 1.19 bits per heavy atom. The van der Waals surface area contributed by atoms with Gasteiger partial charge < -0.3 is 20.2 Å². The van der Waals surface area contributed by atoms with Crippen molar-refractivity contribution < 1.29 is 9.53 Å². The highest BCUT2D eigenvalue weighted by Gasteiger charge is 2.16. The molecule has 0 fully saturated rings. The van der Waals surface area contributed by atoms with Crippen LogP contribution in [0.15, 0.2) is 54.9 Å². The zero-order chi connectivity index (χ0) is 19.4. The van der Waals surface area contributed by atoms with Gasteiger partial charge in [0.25, 0.3) is 0 Å². The standard InChI is InChI=1S/C21H26N4O2/c1-21(2,3)27-20(26)23-12-17-14-25-13-16(9-10-19(25)24-17)18(22)11-15-7-5-4-6-8-15/h4-10,13-14,18H,11-12,22H2,1-3H3,(H,23,26). The van der Waals surface area contributed by atoms with E-state index in [-0.39, 0.29) is 6.04 Å². The molecule has 142 valence electrons. The van der Waals surface area contributed by atoms with Crippen LogP contribution < -0.4 is 11.1 Å². The molecular formula is C21H26N4O2. The maximum atomic E-state index is 11.8. The molecular weight excluding hydrogens is 340 g/mol. The van der Waals surface area contributed by atoms with Gasteiger partial charge in [-0.3, -0.25) is 0 Å². The highest BCUT2D eigenvalue weighted by molar-refractivity contribution is 5.67. The summed E-state index contributed by atoms with van der Waals surface area (Å²) in [7, 11) is 0. The number of benzene rings is 1. The Balaban J connectivity index is 1.66. The Kier molecular flexibility index (Phi) is 5.46. The molecule has 0 saturated carbocycles. The third-order valence-corrected chi connectivity index (χ3v) is 4.06. The van der Waals surface area contributed by atoms with Crippen molar-refractivity contribution in [2.75, 3.05) is 0 Å². The van der Waals surface area contributed by atoms with E-state index in [9.17, 15) is 4.79 Å². The molecule has 1 amide bonds. The quantitative estimate of drug-likeness (QED) is 0.723. The summed E-state index contributed by atoms with van der Waals surface area (Å²) in [5.41, 5.74) is 9.67. The molecule has 0 spiro atoms. The van der Waals surface area contributed by atoms with Gasteiger partial charge in [0.2, 0.25) is 0 Å². The molecule has 6 nitrogen and oxygen atoms in total. The minimum atomic E-state index is -0.521. The number of amides is 1. The van der Waals surface area contributed by atoms with E-state index in [1.807, 2.05) is 67.9 Å². The van der Waals surface area contributed by atoms with Gasteiger partial charge in [-0.25, -0.2) is 9.78 Å². The summed E-state index contributed by atoms with van der Waals surface area (Å²) in [6.45, 7) is 5.80. The first kappa shape index (κ1) is 18.9. The molecule has 1 aromatic carbocycles. The number of fused-ring (bicyclic) bond motifs is 1. The number of alkyl carbamates (subject to hydrolysis) is 1. The summed E-state index contributed by atoms with van der Waals surface area (Å²) in [5, 5.41) is 2.72. The molecule has 3 rings (SSSR count). The number of ether oxygens (including phenoxy) is 1. The van der Waals surface area contributed by atoms with E-state index in [0.717, 1.165) is 23.3 Å². The topological polar surface area (TPSA) is 81.6 Å². The molecule has 6 heteroatoms. The monoisotopic (exact) mass is 366 g/mol. The number of pyridine rings is 1. The Morgan fingerprint density at radius 2 is 1.93 bits per heavy atom. The molecule has 3 N–H and O–H groups in total. The van der Waals surface area contributed by atoms with Crippen LogP contribution >= 0.6 is 0 Å². The molecule has 0 bridgehead atoms. The SMILES string of the molecule is CC(C)(C)OC(=O)NCc1cn2cc(C(N)Cc3ccccc3)ccc2n1. The van der Waals surface area contributed by atoms with E-state index >= 15 is 0 Å². The van der Waals surface area contributed by atoms with Crippen LogP contribution in [0.5, 0.6) is 0 Å². The van der Waals surface area contributed by atoms with E-state index < -0.39 is 11.7 Å². The van der Waals surface area contributed by atoms with Crippen LogP contribution in [0.1, 0.15) is 43.6 Å². The van der Waals surface area contributed by atoms with E-state index in [1.165, 1.54) is 5.56 Å². The van der Waals surface area contributed by atoms with Crippen LogP contribution in [-0.4, -0.2) is 21.1 Å². The third kappa shape index (κ3) is 5.31. The number of aromatic nitrogens is 2. The lowest BCUT2D eigenvalue weighted by molar-refractivity contribution is 0.0523. The van der Waals surface area contributed by atoms with Crippen molar-refractivity contribution in [3.05, 3.63) is 71.7 Å². The van der Waals surface area contributed by atoms with Crippen LogP contribution in [0.25, 0.3) is 5.65 Å². The molecule has 2 heterocycles. The molecule has 0 saturated heterocycles. The zero-order valence-corrected chi connectivity index (χ0v) is 16.0. The highest BCUT2D eigenvalue weighted by atomic mass is 16.6. The fraction of sp³-hybridized carbons (Fsp3) is 0.333. The van der Waals surface area contributed by atoms with Crippen molar-refractivity contribution >= 4 is 11.7 Å². The second-order valence-corrected chi connectivity index (χ2v) is 7.61. The smallest absolute Gasteiger partial charge is 0.407 e. The molecule has 2 aromatic heterocycles. The maximum absolute atomic E-state index is 11.8. The molecule has 3 aromatic rings. The van der Waals surface area contributed by atoms with Gasteiger partial charge in [0, 0.05) is 18.4 Å². The van der Waals surface area contributed by atoms with Gasteiger partial charge in [-0.1, -0.05) is 36.4 Å². The Labute approximate surface area is 159 Å². The van der Waals surface area contributed by atoms with Crippen molar-refractivity contribution in [1.29, 1.82) is 0 Å². The number of carbonyl (C=O) groups excluding carboxylic acids is 1. The Bertz CT molecular complexity index is 913. The number of imidazole rings is 1. The van der Waals surface area contributed by atoms with Gasteiger partial charge in [-0.15, -0.1) is 0 Å². The molecule has 0 radical (unpaired) electrons. The van der Waals surface area contributed by atoms with Gasteiger partial charge in [0.15, 0.2) is 0 Å². The van der Waals surface area contributed by atoms with E-state index in [0.29, 0.717) is 6.54 Å². The average molecular weight is 366 g/mol. The first-order valence-corrected chi connectivity index (χ1v) is 9.04. The average Bonchev–Trinajstić information content (AvgIpc) is 3.01. The van der Waals surface area contributed by atoms with Crippen LogP contribution in [0.4, 0.5) is 4.79 Å². The Hall–Kier alpha value is -2.86. The van der Waals surface area contributed by atoms with Crippen LogP contribution in [0.3, 0.4) is 0 Å². The van der Waals surface area contributed by atoms with Crippen molar-refractivity contribution in [2.24, 2.45) is 5.73 Å². The summed E-state index contributed by atoms with van der Waals surface area (Å²) < 4.78 is 7.18. The lowest BCUT2D eigenvalue weighted by Crippen LogP contribution is -2.32. The number of nitrogens with two attached hydrogens (primary N) is 1. The van der Waals surface area contributed by atoms with E-state index in [4.69, 9.17) is 10.5 Å². The molecule has 27 heavy (non-hydrogen) atoms. The molecule has 1 atom stereocenters. The largest absolute Gasteiger partial charge is 0.444 e. The van der Waals surface area contributed by atoms with Gasteiger partial charge in [-0.05, 0) is 44.4 Å². The second-order valence-electron chi connectivity index (χ2n) is 7.61. The predicted octanol–water partition coefficient (Wildman–Crippen LogP) is 3.60. The molecule has 0 aliphatic carbocycles. The summed E-state index contributed by atoms with van der Waals surface area (Å²) in [6.07, 6.45) is 4.21. The van der Waals surface area contributed by atoms with Crippen LogP contribution in [0.2, 0.25) is 0 Å². The van der Waals surface area contributed by atoms with Crippen molar-refractivity contribution in [3.8, 4) is 0 Å². The maximum Gasteiger partial charge on any atom is 0.407 e. The van der Waals surface area contributed by atoms with Gasteiger partial charge >= 0.3 is 6.09 Å². The summed E-state index contributed by atoms with van der Waals surface area (Å²) in [6, 6.07) is 14.0. The summed E-state index contributed by atoms with van der Waals surface area (Å²) >= 11 is 0. The van der Waals surface area contributed by atoms with Crippen molar-refractivity contribution in [1.82, 2.24) is 14.7 Å². The first-order chi connectivity index (χ1) is 12.8. The molecule has 1 unspecified atom stereocenters. The Morgan fingerprint density at radius 3 is 2.63 bits per heavy atom. The number of nitrogens with zero attached hydrogens (tertiary/aromatic N) is 2. The minimum Gasteiger partial charge on any atom is -0.444 e. The van der Waals surface area contributed by atoms with Gasteiger partial charge in [0.05, 0.1) is 12.2 Å². The minimum absolute atomic E-state index is 0.0949. The number of rotatable bonds is 5. The normalized spacial score (nSPS) is 12.7. The lowest BCUT2D eigenvalue weighted by Gasteiger charge is -2.19. The molecule has 0 aliphatic heterocycles. The summed E-state index contributed by atoms with van der Waals surface area (Å²) in [4.78, 5) is 16.3. The zero-order valence-electron chi connectivity index (χ0n) is 16.0. The fourth-order valence-electron chi connectivity index (χ4n) is 2.83. The van der Waals surface area contributed by atoms with E-state index in [1.54, 1.807) is 0 Å². The van der Waals surface area contributed by atoms with Gasteiger partial charge in [-0.2, -0.15) is 0 Å². The number of hydrogen-bond donors (Lipinski definition) is 2. The van der Waals surface area contributed by atoms with Crippen molar-refractivity contribution in [3.63, 3.8) is 0 Å². The van der Waals surface area contributed by atoms with Crippen molar-refractivity contribution in [2.45, 2.75) is 45.4 Å². The highest BCUT2D eigenvalue weighted by Crippen LogP contribution is 2.17.